The molecule has 0 unspecified atom stereocenters. The molecule has 0 aliphatic carbocycles. The summed E-state index contributed by atoms with van der Waals surface area (Å²) < 4.78 is 12.9. The summed E-state index contributed by atoms with van der Waals surface area (Å²) in [6.07, 6.45) is 2.29. The summed E-state index contributed by atoms with van der Waals surface area (Å²) in [6, 6.07) is 0. The topological polar surface area (TPSA) is 82.8 Å². The Hall–Kier alpha value is -2.16. The molecule has 0 N–H and O–H groups in total. The maximum Gasteiger partial charge on any atom is 0.420 e. The lowest BCUT2D eigenvalue weighted by molar-refractivity contribution is -0.133. The Kier molecular flexibility index (Phi) is 5.48. The number of carbonyl (C=O) groups excluding carboxylic acids is 3. The Morgan fingerprint density at radius 2 is 1.91 bits per heavy atom. The molecule has 1 aliphatic rings. The van der Waals surface area contributed by atoms with Crippen molar-refractivity contribution in [2.75, 3.05) is 13.7 Å². The van der Waals surface area contributed by atoms with Gasteiger partial charge in [-0.3, -0.25) is 4.79 Å². The lowest BCUT2D eigenvalue weighted by Crippen LogP contribution is -2.33. The van der Waals surface area contributed by atoms with Crippen molar-refractivity contribution in [1.82, 2.24) is 14.0 Å². The highest BCUT2D eigenvalue weighted by Gasteiger charge is 2.44. The molecule has 1 aromatic rings. The molecule has 0 bridgehead atoms. The molecule has 2 amide bonds. The third-order valence-corrected chi connectivity index (χ3v) is 3.33. The minimum atomic E-state index is -0.966. The summed E-state index contributed by atoms with van der Waals surface area (Å²) >= 11 is 4.94. The van der Waals surface area contributed by atoms with E-state index in [1.165, 1.54) is 11.6 Å². The lowest BCUT2D eigenvalue weighted by Gasteiger charge is -2.10. The normalized spacial score (nSPS) is 16.0. The fourth-order valence-corrected chi connectivity index (χ4v) is 1.81. The van der Waals surface area contributed by atoms with Gasteiger partial charge in [-0.1, -0.05) is 0 Å². The van der Waals surface area contributed by atoms with Crippen LogP contribution in [0.1, 0.15) is 20.8 Å². The molecule has 8 nitrogen and oxygen atoms in total. The Balaban J connectivity index is 0.000000224. The van der Waals surface area contributed by atoms with Crippen molar-refractivity contribution in [2.24, 2.45) is 7.05 Å². The monoisotopic (exact) mass is 329 g/mol. The molecule has 122 valence electrons. The van der Waals surface area contributed by atoms with Crippen LogP contribution in [-0.4, -0.2) is 51.4 Å². The van der Waals surface area contributed by atoms with Crippen molar-refractivity contribution in [3.63, 3.8) is 0 Å². The summed E-state index contributed by atoms with van der Waals surface area (Å²) in [6.45, 7) is 5.24. The molecule has 0 saturated carbocycles. The van der Waals surface area contributed by atoms with Crippen LogP contribution in [0.25, 0.3) is 0 Å². The van der Waals surface area contributed by atoms with Gasteiger partial charge in [-0.15, -0.1) is 0 Å². The number of amides is 2. The summed E-state index contributed by atoms with van der Waals surface area (Å²) in [7, 11) is 3.18. The van der Waals surface area contributed by atoms with Gasteiger partial charge in [0.25, 0.3) is 5.91 Å². The van der Waals surface area contributed by atoms with E-state index in [9.17, 15) is 14.4 Å². The molecule has 1 fully saturated rings. The van der Waals surface area contributed by atoms with Gasteiger partial charge in [0.15, 0.2) is 10.4 Å². The van der Waals surface area contributed by atoms with Gasteiger partial charge >= 0.3 is 12.2 Å². The number of aryl methyl sites for hydroxylation is 1. The summed E-state index contributed by atoms with van der Waals surface area (Å²) in [5.74, 6) is -0.294. The maximum atomic E-state index is 11.1. The Bertz CT molecular complexity index is 646. The summed E-state index contributed by atoms with van der Waals surface area (Å²) in [5.41, 5.74) is -0.966. The standard InChI is InChI=1S/C7H10N2O2S.C6H9NO3/c1-3-11-7(10)9-5-4-8(2)6(9)12;1-6(2)4(8)7(3)5(9)10-6/h4-5H,3H2,1-2H3;1-3H3. The number of aromatic nitrogens is 2. The van der Waals surface area contributed by atoms with Crippen molar-refractivity contribution >= 4 is 30.3 Å². The minimum absolute atomic E-state index is 0.294. The van der Waals surface area contributed by atoms with E-state index in [1.54, 1.807) is 44.8 Å². The van der Waals surface area contributed by atoms with Crippen molar-refractivity contribution in [3.8, 4) is 0 Å². The molecular formula is C13H19N3O5S. The second kappa shape index (κ2) is 6.73. The average molecular weight is 329 g/mol. The van der Waals surface area contributed by atoms with Gasteiger partial charge in [0.2, 0.25) is 0 Å². The van der Waals surface area contributed by atoms with E-state index in [1.807, 2.05) is 0 Å². The van der Waals surface area contributed by atoms with E-state index in [4.69, 9.17) is 21.7 Å². The van der Waals surface area contributed by atoms with Crippen LogP contribution in [-0.2, 0) is 21.3 Å². The number of cyclic esters (lactones) is 1. The van der Waals surface area contributed by atoms with Crippen LogP contribution >= 0.6 is 12.2 Å². The fourth-order valence-electron chi connectivity index (χ4n) is 1.61. The van der Waals surface area contributed by atoms with Crippen LogP contribution in [0, 0.1) is 4.77 Å². The van der Waals surface area contributed by atoms with Gasteiger partial charge in [-0.25, -0.2) is 19.1 Å². The first-order valence-corrected chi connectivity index (χ1v) is 6.95. The van der Waals surface area contributed by atoms with Crippen molar-refractivity contribution < 1.29 is 23.9 Å². The molecule has 22 heavy (non-hydrogen) atoms. The van der Waals surface area contributed by atoms with Crippen LogP contribution in [0.5, 0.6) is 0 Å². The zero-order valence-electron chi connectivity index (χ0n) is 13.2. The van der Waals surface area contributed by atoms with Gasteiger partial charge in [0.05, 0.1) is 6.61 Å². The number of imidazole rings is 1. The predicted molar refractivity (Wildman–Crippen MR) is 80.0 cm³/mol. The second-order valence-corrected chi connectivity index (χ2v) is 5.37. The number of carbonyl (C=O) groups is 3. The SMILES string of the molecule is CCOC(=O)n1ccn(C)c1=S.CN1C(=O)OC(C)(C)C1=O. The quantitative estimate of drug-likeness (QED) is 0.732. The molecule has 9 heteroatoms. The number of hydrogen-bond donors (Lipinski definition) is 0. The van der Waals surface area contributed by atoms with Gasteiger partial charge < -0.3 is 14.0 Å². The summed E-state index contributed by atoms with van der Waals surface area (Å²) in [4.78, 5) is 33.8. The largest absolute Gasteiger partial charge is 0.449 e. The van der Waals surface area contributed by atoms with E-state index < -0.39 is 17.8 Å². The summed E-state index contributed by atoms with van der Waals surface area (Å²) in [5, 5.41) is 0. The van der Waals surface area contributed by atoms with E-state index >= 15 is 0 Å². The zero-order chi connectivity index (χ0) is 17.1. The smallest absolute Gasteiger partial charge is 0.420 e. The molecule has 2 heterocycles. The van der Waals surface area contributed by atoms with Crippen LogP contribution < -0.4 is 0 Å². The second-order valence-electron chi connectivity index (χ2n) is 5.00. The Morgan fingerprint density at radius 3 is 2.18 bits per heavy atom. The lowest BCUT2D eigenvalue weighted by atomic mass is 10.1. The van der Waals surface area contributed by atoms with Gasteiger partial charge in [0.1, 0.15) is 0 Å². The third kappa shape index (κ3) is 3.73. The van der Waals surface area contributed by atoms with Crippen LogP contribution in [0.4, 0.5) is 9.59 Å². The average Bonchev–Trinajstić information content (AvgIpc) is 2.85. The molecule has 0 spiro atoms. The number of nitrogens with zero attached hydrogens (tertiary/aromatic N) is 3. The zero-order valence-corrected chi connectivity index (χ0v) is 14.0. The number of ether oxygens (including phenoxy) is 2. The molecule has 1 saturated heterocycles. The number of likely N-dealkylation sites (N-methyl/N-ethyl adjacent to an activating group) is 1. The molecule has 0 aromatic carbocycles. The van der Waals surface area contributed by atoms with Gasteiger partial charge in [-0.05, 0) is 33.0 Å². The molecule has 0 atom stereocenters. The van der Waals surface area contributed by atoms with E-state index in [0.29, 0.717) is 11.4 Å². The molecule has 0 radical (unpaired) electrons. The highest BCUT2D eigenvalue weighted by atomic mass is 32.1. The Morgan fingerprint density at radius 1 is 1.32 bits per heavy atom. The highest BCUT2D eigenvalue weighted by Crippen LogP contribution is 2.21. The first-order chi connectivity index (χ1) is 10.1. The Labute approximate surface area is 133 Å². The maximum absolute atomic E-state index is 11.1. The van der Waals surface area contributed by atoms with Crippen LogP contribution in [0.15, 0.2) is 12.4 Å². The first-order valence-electron chi connectivity index (χ1n) is 6.54. The van der Waals surface area contributed by atoms with Crippen LogP contribution in [0.2, 0.25) is 0 Å². The molecule has 1 aromatic heterocycles. The van der Waals surface area contributed by atoms with Gasteiger partial charge in [0, 0.05) is 26.5 Å². The predicted octanol–water partition coefficient (Wildman–Crippen LogP) is 1.93. The van der Waals surface area contributed by atoms with E-state index in [0.717, 1.165) is 4.90 Å². The molecule has 1 aliphatic heterocycles. The van der Waals surface area contributed by atoms with Gasteiger partial charge in [-0.2, -0.15) is 0 Å². The van der Waals surface area contributed by atoms with E-state index in [2.05, 4.69) is 0 Å². The van der Waals surface area contributed by atoms with Crippen molar-refractivity contribution in [2.45, 2.75) is 26.4 Å². The van der Waals surface area contributed by atoms with E-state index in [-0.39, 0.29) is 5.91 Å². The van der Waals surface area contributed by atoms with Crippen molar-refractivity contribution in [3.05, 3.63) is 17.2 Å². The highest BCUT2D eigenvalue weighted by molar-refractivity contribution is 7.71. The van der Waals surface area contributed by atoms with Crippen LogP contribution in [0.3, 0.4) is 0 Å². The fraction of sp³-hybridized carbons (Fsp3) is 0.538. The first kappa shape index (κ1) is 17.9. The van der Waals surface area contributed by atoms with Crippen molar-refractivity contribution in [1.29, 1.82) is 0 Å². The number of imide groups is 1. The number of hydrogen-bond acceptors (Lipinski definition) is 6. The number of rotatable bonds is 1. The third-order valence-electron chi connectivity index (χ3n) is 2.85. The minimum Gasteiger partial charge on any atom is -0.449 e. The molecular weight excluding hydrogens is 310 g/mol. The molecule has 2 rings (SSSR count).